The number of aryl methyl sites for hydroxylation is 1. The first-order chi connectivity index (χ1) is 26.8. The molecule has 2 fully saturated rings. The number of oxazole rings is 1. The number of nitrogens with two attached hydrogens (primary N) is 1. The van der Waals surface area contributed by atoms with Crippen LogP contribution in [0.2, 0.25) is 0 Å². The number of ketones is 2. The summed E-state index contributed by atoms with van der Waals surface area (Å²) in [6.07, 6.45) is 6.87. The molecule has 292 valence electrons. The van der Waals surface area contributed by atoms with Gasteiger partial charge in [0, 0.05) is 38.3 Å². The van der Waals surface area contributed by atoms with E-state index in [0.717, 1.165) is 29.5 Å². The molecular formula is C44H54N4O7. The molecule has 0 bridgehead atoms. The summed E-state index contributed by atoms with van der Waals surface area (Å²) in [7, 11) is 0. The van der Waals surface area contributed by atoms with Crippen LogP contribution in [0.4, 0.5) is 4.79 Å². The summed E-state index contributed by atoms with van der Waals surface area (Å²) in [5.41, 5.74) is 9.60. The molecule has 2 aliphatic rings. The number of rotatable bonds is 18. The Morgan fingerprint density at radius 1 is 0.927 bits per heavy atom. The molecule has 1 aromatic heterocycles. The van der Waals surface area contributed by atoms with Crippen LogP contribution in [0.3, 0.4) is 0 Å². The van der Waals surface area contributed by atoms with Gasteiger partial charge in [-0.3, -0.25) is 14.4 Å². The Bertz CT molecular complexity index is 1840. The number of carbonyl (C=O) groups is 4. The van der Waals surface area contributed by atoms with Gasteiger partial charge in [-0.1, -0.05) is 98.0 Å². The highest BCUT2D eigenvalue weighted by atomic mass is 16.5. The lowest BCUT2D eigenvalue weighted by atomic mass is 9.89. The second-order valence-electron chi connectivity index (χ2n) is 15.2. The van der Waals surface area contributed by atoms with Crippen LogP contribution in [-0.2, 0) is 32.1 Å². The van der Waals surface area contributed by atoms with Gasteiger partial charge in [0.15, 0.2) is 11.4 Å². The van der Waals surface area contributed by atoms with Crippen LogP contribution >= 0.6 is 0 Å². The maximum atomic E-state index is 14.7. The van der Waals surface area contributed by atoms with Crippen LogP contribution in [0.15, 0.2) is 83.3 Å². The summed E-state index contributed by atoms with van der Waals surface area (Å²) in [4.78, 5) is 62.3. The molecule has 11 nitrogen and oxygen atoms in total. The number of ether oxygens (including phenoxy) is 2. The second kappa shape index (κ2) is 19.6. The monoisotopic (exact) mass is 750 g/mol. The number of unbranched alkanes of at least 4 members (excludes halogenated alkanes) is 1. The third kappa shape index (κ3) is 11.1. The molecule has 0 unspecified atom stereocenters. The van der Waals surface area contributed by atoms with E-state index < -0.39 is 30.0 Å². The summed E-state index contributed by atoms with van der Waals surface area (Å²) in [6.45, 7) is 3.26. The molecule has 6 rings (SSSR count). The van der Waals surface area contributed by atoms with Gasteiger partial charge >= 0.3 is 6.09 Å². The minimum absolute atomic E-state index is 0.0313. The molecular weight excluding hydrogens is 697 g/mol. The SMILES string of the molecule is Cc1ccc(C[C@@H](NC(=O)OCc2ccccc2)C(=O)N2C[C@H](OCC3CCCCC3)C[C@H]2C(=O)C[C@@H](CCCCN)C(=O)c2nc3ccccc3o2)cc1. The lowest BCUT2D eigenvalue weighted by Gasteiger charge is -2.29. The van der Waals surface area contributed by atoms with Gasteiger partial charge in [0.25, 0.3) is 5.89 Å². The zero-order chi connectivity index (χ0) is 38.6. The van der Waals surface area contributed by atoms with E-state index >= 15 is 0 Å². The number of carbonyl (C=O) groups excluding carboxylic acids is 4. The molecule has 2 amide bonds. The van der Waals surface area contributed by atoms with E-state index in [1.165, 1.54) is 19.3 Å². The Balaban J connectivity index is 1.23. The fraction of sp³-hybridized carbons (Fsp3) is 0.477. The Hall–Kier alpha value is -4.87. The predicted octanol–water partition coefficient (Wildman–Crippen LogP) is 7.13. The van der Waals surface area contributed by atoms with E-state index in [1.807, 2.05) is 73.7 Å². The third-order valence-electron chi connectivity index (χ3n) is 10.9. The Labute approximate surface area is 323 Å². The van der Waals surface area contributed by atoms with Gasteiger partial charge < -0.3 is 29.8 Å². The number of alkyl carbamates (subject to hydrolysis) is 1. The molecule has 0 spiro atoms. The first-order valence-corrected chi connectivity index (χ1v) is 19.8. The number of fused-ring (bicyclic) bond motifs is 1. The highest BCUT2D eigenvalue weighted by Gasteiger charge is 2.44. The molecule has 2 heterocycles. The Morgan fingerprint density at radius 2 is 1.67 bits per heavy atom. The topological polar surface area (TPSA) is 154 Å². The molecule has 1 aliphatic carbocycles. The highest BCUT2D eigenvalue weighted by Crippen LogP contribution is 2.30. The molecule has 4 aromatic rings. The number of para-hydroxylation sites is 2. The van der Waals surface area contributed by atoms with Gasteiger partial charge in [0.1, 0.15) is 18.2 Å². The largest absolute Gasteiger partial charge is 0.445 e. The van der Waals surface area contributed by atoms with E-state index in [9.17, 15) is 19.2 Å². The highest BCUT2D eigenvalue weighted by molar-refractivity contribution is 6.00. The average Bonchev–Trinajstić information content (AvgIpc) is 3.85. The van der Waals surface area contributed by atoms with Crippen molar-refractivity contribution in [3.05, 3.63) is 101 Å². The fourth-order valence-electron chi connectivity index (χ4n) is 7.75. The van der Waals surface area contributed by atoms with Crippen molar-refractivity contribution in [2.75, 3.05) is 19.7 Å². The standard InChI is InChI=1S/C44H54N4O7/c1-30-19-21-31(22-20-30)24-37(47-44(52)54-29-33-14-6-3-7-15-33)43(51)48-27-35(53-28-32-12-4-2-5-13-32)26-38(48)39(49)25-34(16-10-11-23-45)41(50)42-46-36-17-8-9-18-40(36)55-42/h3,6-9,14-15,17-22,32,34-35,37-38H,2,4-5,10-13,16,23-29,45H2,1H3,(H,47,52)/t34-,35-,37-,38+/m1/s1. The summed E-state index contributed by atoms with van der Waals surface area (Å²) >= 11 is 0. The molecule has 1 saturated heterocycles. The van der Waals surface area contributed by atoms with Gasteiger partial charge in [-0.2, -0.15) is 0 Å². The number of hydrogen-bond donors (Lipinski definition) is 2. The van der Waals surface area contributed by atoms with Crippen molar-refractivity contribution in [3.63, 3.8) is 0 Å². The fourth-order valence-corrected chi connectivity index (χ4v) is 7.75. The predicted molar refractivity (Wildman–Crippen MR) is 209 cm³/mol. The van der Waals surface area contributed by atoms with Crippen molar-refractivity contribution in [2.24, 2.45) is 17.6 Å². The third-order valence-corrected chi connectivity index (χ3v) is 10.9. The second-order valence-corrected chi connectivity index (χ2v) is 15.2. The number of aromatic nitrogens is 1. The van der Waals surface area contributed by atoms with Crippen molar-refractivity contribution >= 4 is 34.7 Å². The van der Waals surface area contributed by atoms with Gasteiger partial charge in [-0.15, -0.1) is 0 Å². The zero-order valence-corrected chi connectivity index (χ0v) is 31.8. The van der Waals surface area contributed by atoms with Crippen molar-refractivity contribution in [3.8, 4) is 0 Å². The molecule has 0 radical (unpaired) electrons. The Kier molecular flexibility index (Phi) is 14.2. The first kappa shape index (κ1) is 39.8. The van der Waals surface area contributed by atoms with Gasteiger partial charge in [-0.25, -0.2) is 9.78 Å². The molecule has 3 aromatic carbocycles. The number of benzene rings is 3. The average molecular weight is 751 g/mol. The maximum Gasteiger partial charge on any atom is 0.408 e. The first-order valence-electron chi connectivity index (χ1n) is 19.8. The minimum atomic E-state index is -1.01. The number of Topliss-reactive ketones (excluding diaryl/α,β-unsaturated/α-hetero) is 2. The van der Waals surface area contributed by atoms with Crippen molar-refractivity contribution in [1.29, 1.82) is 0 Å². The zero-order valence-electron chi connectivity index (χ0n) is 31.8. The number of likely N-dealkylation sites (tertiary alicyclic amines) is 1. The summed E-state index contributed by atoms with van der Waals surface area (Å²) < 4.78 is 17.8. The summed E-state index contributed by atoms with van der Waals surface area (Å²) in [5.74, 6) is -1.27. The molecule has 11 heteroatoms. The molecule has 3 N–H and O–H groups in total. The molecule has 55 heavy (non-hydrogen) atoms. The number of amides is 2. The van der Waals surface area contributed by atoms with Crippen LogP contribution in [0, 0.1) is 18.8 Å². The quantitative estimate of drug-likeness (QED) is 0.0799. The van der Waals surface area contributed by atoms with Gasteiger partial charge in [0.05, 0.1) is 12.1 Å². The lowest BCUT2D eigenvalue weighted by molar-refractivity contribution is -0.139. The maximum absolute atomic E-state index is 14.7. The Morgan fingerprint density at radius 3 is 2.42 bits per heavy atom. The van der Waals surface area contributed by atoms with Crippen LogP contribution in [0.25, 0.3) is 11.1 Å². The number of nitrogens with zero attached hydrogens (tertiary/aromatic N) is 2. The van der Waals surface area contributed by atoms with E-state index in [2.05, 4.69) is 10.3 Å². The van der Waals surface area contributed by atoms with Crippen molar-refractivity contribution in [2.45, 2.75) is 102 Å². The van der Waals surface area contributed by atoms with E-state index in [0.29, 0.717) is 55.9 Å². The van der Waals surface area contributed by atoms with Crippen LogP contribution < -0.4 is 11.1 Å². The number of hydrogen-bond acceptors (Lipinski definition) is 9. The molecule has 4 atom stereocenters. The van der Waals surface area contributed by atoms with Crippen molar-refractivity contribution in [1.82, 2.24) is 15.2 Å². The van der Waals surface area contributed by atoms with Crippen LogP contribution in [-0.4, -0.2) is 71.3 Å². The van der Waals surface area contributed by atoms with Gasteiger partial charge in [0.2, 0.25) is 11.7 Å². The van der Waals surface area contributed by atoms with Crippen molar-refractivity contribution < 1.29 is 33.1 Å². The van der Waals surface area contributed by atoms with E-state index in [4.69, 9.17) is 19.6 Å². The lowest BCUT2D eigenvalue weighted by Crippen LogP contribution is -2.53. The molecule has 1 saturated carbocycles. The number of nitrogens with one attached hydrogen (secondary N) is 1. The van der Waals surface area contributed by atoms with Crippen LogP contribution in [0.5, 0.6) is 0 Å². The minimum Gasteiger partial charge on any atom is -0.445 e. The van der Waals surface area contributed by atoms with E-state index in [-0.39, 0.29) is 49.6 Å². The van der Waals surface area contributed by atoms with Crippen LogP contribution in [0.1, 0.15) is 91.6 Å². The normalized spacial score (nSPS) is 18.5. The molecule has 1 aliphatic heterocycles. The summed E-state index contributed by atoms with van der Waals surface area (Å²) in [5, 5.41) is 2.82. The smallest absolute Gasteiger partial charge is 0.408 e. The van der Waals surface area contributed by atoms with E-state index in [1.54, 1.807) is 17.0 Å². The van der Waals surface area contributed by atoms with Gasteiger partial charge in [-0.05, 0) is 68.3 Å². The summed E-state index contributed by atoms with van der Waals surface area (Å²) in [6, 6.07) is 22.4.